The highest BCUT2D eigenvalue weighted by molar-refractivity contribution is 7.80. The third-order valence-corrected chi connectivity index (χ3v) is 3.86. The number of amidine groups is 1. The molecule has 1 spiro atoms. The Morgan fingerprint density at radius 2 is 2.12 bits per heavy atom. The first-order valence-corrected chi connectivity index (χ1v) is 6.90. The Morgan fingerprint density at radius 3 is 2.76 bits per heavy atom. The Kier molecular flexibility index (Phi) is 3.99. The molecule has 2 fully saturated rings. The van der Waals surface area contributed by atoms with E-state index in [2.05, 4.69) is 29.5 Å². The summed E-state index contributed by atoms with van der Waals surface area (Å²) < 4.78 is 0. The summed E-state index contributed by atoms with van der Waals surface area (Å²) in [5.41, 5.74) is -0.00264. The van der Waals surface area contributed by atoms with Gasteiger partial charge in [0.2, 0.25) is 0 Å². The van der Waals surface area contributed by atoms with Gasteiger partial charge >= 0.3 is 0 Å². The van der Waals surface area contributed by atoms with Gasteiger partial charge in [-0.1, -0.05) is 13.3 Å². The van der Waals surface area contributed by atoms with Crippen LogP contribution in [0.25, 0.3) is 0 Å². The van der Waals surface area contributed by atoms with Gasteiger partial charge in [-0.25, -0.2) is 0 Å². The van der Waals surface area contributed by atoms with Gasteiger partial charge < -0.3 is 15.5 Å². The Labute approximate surface area is 109 Å². The Morgan fingerprint density at radius 1 is 1.41 bits per heavy atom. The maximum absolute atomic E-state index is 5.24. The lowest BCUT2D eigenvalue weighted by molar-refractivity contribution is 0.221. The van der Waals surface area contributed by atoms with Gasteiger partial charge in [-0.05, 0) is 38.5 Å². The number of hydrogen-bond donors (Lipinski definition) is 2. The Balaban J connectivity index is 2.08. The first-order valence-electron chi connectivity index (χ1n) is 6.49. The molecule has 5 heteroatoms. The number of thiocarbonyl (C=S) groups is 1. The smallest absolute Gasteiger partial charge is 0.172 e. The zero-order chi connectivity index (χ0) is 12.3. The van der Waals surface area contributed by atoms with Crippen molar-refractivity contribution in [3.8, 4) is 0 Å². The maximum Gasteiger partial charge on any atom is 0.172 e. The Hall–Kier alpha value is -0.680. The lowest BCUT2D eigenvalue weighted by Crippen LogP contribution is -2.54. The van der Waals surface area contributed by atoms with Gasteiger partial charge in [0.15, 0.2) is 5.11 Å². The highest BCUT2D eigenvalue weighted by Crippen LogP contribution is 2.25. The molecule has 0 unspecified atom stereocenters. The molecule has 2 rings (SSSR count). The van der Waals surface area contributed by atoms with Crippen LogP contribution in [0.15, 0.2) is 4.99 Å². The fraction of sp³-hybridized carbons (Fsp3) is 0.833. The van der Waals surface area contributed by atoms with E-state index in [1.165, 1.54) is 6.42 Å². The number of likely N-dealkylation sites (tertiary alicyclic amines) is 1. The molecule has 0 aliphatic carbocycles. The molecule has 0 aromatic carbocycles. The minimum atomic E-state index is -0.00264. The van der Waals surface area contributed by atoms with E-state index in [1.54, 1.807) is 0 Å². The SMILES string of the molecule is CCCC/N=C1\NC(=S)NC12CCN(C)CC2. The maximum atomic E-state index is 5.24. The van der Waals surface area contributed by atoms with Crippen molar-refractivity contribution >= 4 is 23.2 Å². The lowest BCUT2D eigenvalue weighted by Gasteiger charge is -2.37. The van der Waals surface area contributed by atoms with E-state index in [9.17, 15) is 0 Å². The number of unbranched alkanes of at least 4 members (excludes halogenated alkanes) is 1. The van der Waals surface area contributed by atoms with Crippen LogP contribution >= 0.6 is 12.2 Å². The van der Waals surface area contributed by atoms with Gasteiger partial charge in [0.25, 0.3) is 0 Å². The van der Waals surface area contributed by atoms with Gasteiger partial charge in [-0.15, -0.1) is 0 Å². The summed E-state index contributed by atoms with van der Waals surface area (Å²) >= 11 is 5.24. The van der Waals surface area contributed by atoms with E-state index >= 15 is 0 Å². The molecule has 0 amide bonds. The van der Waals surface area contributed by atoms with Crippen LogP contribution in [0.5, 0.6) is 0 Å². The standard InChI is InChI=1S/C12H22N4S/c1-3-4-7-13-10-12(15-11(17)14-10)5-8-16(2)9-6-12/h3-9H2,1-2H3,(H2,13,14,15,17). The minimum absolute atomic E-state index is 0.00264. The second-order valence-corrected chi connectivity index (χ2v) is 5.46. The zero-order valence-corrected chi connectivity index (χ0v) is 11.6. The highest BCUT2D eigenvalue weighted by Gasteiger charge is 2.43. The molecule has 2 heterocycles. The number of rotatable bonds is 3. The van der Waals surface area contributed by atoms with Gasteiger partial charge in [0, 0.05) is 19.6 Å². The van der Waals surface area contributed by atoms with Crippen molar-refractivity contribution in [2.24, 2.45) is 4.99 Å². The van der Waals surface area contributed by atoms with Crippen LogP contribution < -0.4 is 10.6 Å². The van der Waals surface area contributed by atoms with Crippen LogP contribution in [-0.4, -0.2) is 48.1 Å². The molecule has 0 saturated carbocycles. The first kappa shape index (κ1) is 12.8. The quantitative estimate of drug-likeness (QED) is 0.585. The molecule has 2 aliphatic heterocycles. The summed E-state index contributed by atoms with van der Waals surface area (Å²) in [5, 5.41) is 7.41. The fourth-order valence-electron chi connectivity index (χ4n) is 2.44. The summed E-state index contributed by atoms with van der Waals surface area (Å²) in [6.45, 7) is 5.30. The van der Waals surface area contributed by atoms with E-state index in [0.29, 0.717) is 0 Å². The van der Waals surface area contributed by atoms with Gasteiger partial charge in [0.05, 0.1) is 5.54 Å². The van der Waals surface area contributed by atoms with Gasteiger partial charge in [-0.3, -0.25) is 4.99 Å². The van der Waals surface area contributed by atoms with E-state index in [-0.39, 0.29) is 5.54 Å². The molecular weight excluding hydrogens is 232 g/mol. The van der Waals surface area contributed by atoms with Crippen LogP contribution in [0.4, 0.5) is 0 Å². The van der Waals surface area contributed by atoms with Crippen molar-refractivity contribution in [2.75, 3.05) is 26.7 Å². The molecule has 2 N–H and O–H groups in total. The van der Waals surface area contributed by atoms with Crippen LogP contribution in [0, 0.1) is 0 Å². The third-order valence-electron chi connectivity index (χ3n) is 3.66. The van der Waals surface area contributed by atoms with Crippen molar-refractivity contribution in [3.05, 3.63) is 0 Å². The average molecular weight is 254 g/mol. The van der Waals surface area contributed by atoms with Gasteiger partial charge in [0.1, 0.15) is 5.84 Å². The lowest BCUT2D eigenvalue weighted by atomic mass is 9.87. The van der Waals surface area contributed by atoms with Crippen LogP contribution in [0.2, 0.25) is 0 Å². The second kappa shape index (κ2) is 5.31. The summed E-state index contributed by atoms with van der Waals surface area (Å²) in [7, 11) is 2.17. The van der Waals surface area contributed by atoms with Crippen LogP contribution in [0.1, 0.15) is 32.6 Å². The predicted octanol–water partition coefficient (Wildman–Crippen LogP) is 1.13. The van der Waals surface area contributed by atoms with Crippen molar-refractivity contribution in [1.82, 2.24) is 15.5 Å². The first-order chi connectivity index (χ1) is 8.16. The molecule has 2 aliphatic rings. The summed E-state index contributed by atoms with van der Waals surface area (Å²) in [4.78, 5) is 7.06. The monoisotopic (exact) mass is 254 g/mol. The largest absolute Gasteiger partial charge is 0.350 e. The van der Waals surface area contributed by atoms with Crippen molar-refractivity contribution < 1.29 is 0 Å². The average Bonchev–Trinajstić information content (AvgIpc) is 2.60. The summed E-state index contributed by atoms with van der Waals surface area (Å²) in [6.07, 6.45) is 4.50. The number of hydrogen-bond acceptors (Lipinski definition) is 3. The van der Waals surface area contributed by atoms with Crippen LogP contribution in [0.3, 0.4) is 0 Å². The second-order valence-electron chi connectivity index (χ2n) is 5.05. The molecule has 0 bridgehead atoms. The molecule has 96 valence electrons. The highest BCUT2D eigenvalue weighted by atomic mass is 32.1. The van der Waals surface area contributed by atoms with E-state index in [1.807, 2.05) is 0 Å². The number of aliphatic imine (C=N–C) groups is 1. The fourth-order valence-corrected chi connectivity index (χ4v) is 2.73. The van der Waals surface area contributed by atoms with Crippen LogP contribution in [-0.2, 0) is 0 Å². The van der Waals surface area contributed by atoms with Gasteiger partial charge in [-0.2, -0.15) is 0 Å². The molecule has 0 aromatic heterocycles. The minimum Gasteiger partial charge on any atom is -0.350 e. The molecule has 17 heavy (non-hydrogen) atoms. The summed E-state index contributed by atoms with van der Waals surface area (Å²) in [5.74, 6) is 1.07. The third kappa shape index (κ3) is 2.77. The topological polar surface area (TPSA) is 39.7 Å². The summed E-state index contributed by atoms with van der Waals surface area (Å²) in [6, 6.07) is 0. The van der Waals surface area contributed by atoms with E-state index in [0.717, 1.165) is 49.8 Å². The predicted molar refractivity (Wildman–Crippen MR) is 75.5 cm³/mol. The zero-order valence-electron chi connectivity index (χ0n) is 10.8. The normalized spacial score (nSPS) is 26.2. The molecule has 0 aromatic rings. The molecule has 2 saturated heterocycles. The molecular formula is C12H22N4S. The van der Waals surface area contributed by atoms with Crippen molar-refractivity contribution in [1.29, 1.82) is 0 Å². The molecule has 0 atom stereocenters. The molecule has 4 nitrogen and oxygen atoms in total. The van der Waals surface area contributed by atoms with Crippen molar-refractivity contribution in [3.63, 3.8) is 0 Å². The number of piperidine rings is 1. The number of nitrogens with one attached hydrogen (secondary N) is 2. The Bertz CT molecular complexity index is 318. The van der Waals surface area contributed by atoms with E-state index in [4.69, 9.17) is 17.2 Å². The number of nitrogens with zero attached hydrogens (tertiary/aromatic N) is 2. The van der Waals surface area contributed by atoms with E-state index < -0.39 is 0 Å². The molecule has 0 radical (unpaired) electrons. The van der Waals surface area contributed by atoms with Crippen molar-refractivity contribution in [2.45, 2.75) is 38.1 Å².